The minimum atomic E-state index is 0. The summed E-state index contributed by atoms with van der Waals surface area (Å²) < 4.78 is 5.79. The van der Waals surface area contributed by atoms with Gasteiger partial charge in [-0.2, -0.15) is 0 Å². The molecule has 29 heavy (non-hydrogen) atoms. The fourth-order valence-electron chi connectivity index (χ4n) is 4.13. The molecule has 5 nitrogen and oxygen atoms in total. The van der Waals surface area contributed by atoms with Crippen molar-refractivity contribution in [3.05, 3.63) is 65.7 Å². The first-order valence-electron chi connectivity index (χ1n) is 10.3. The summed E-state index contributed by atoms with van der Waals surface area (Å²) in [6.45, 7) is 6.87. The van der Waals surface area contributed by atoms with Crippen molar-refractivity contribution >= 4 is 29.9 Å². The molecule has 2 aromatic rings. The lowest BCUT2D eigenvalue weighted by atomic mass is 9.93. The van der Waals surface area contributed by atoms with Gasteiger partial charge in [-0.1, -0.05) is 48.5 Å². The van der Waals surface area contributed by atoms with Crippen LogP contribution in [0.15, 0.2) is 59.6 Å². The van der Waals surface area contributed by atoms with Crippen LogP contribution in [0.3, 0.4) is 0 Å². The SMILES string of the molecule is CN=C(NCC1CCOc2ccccc21)N1CCN(Cc2ccccc2)CC1.I. The molecule has 1 atom stereocenters. The average Bonchev–Trinajstić information content (AvgIpc) is 2.76. The van der Waals surface area contributed by atoms with E-state index in [2.05, 4.69) is 68.6 Å². The number of nitrogens with one attached hydrogen (secondary N) is 1. The van der Waals surface area contributed by atoms with Crippen molar-refractivity contribution in [1.82, 2.24) is 15.1 Å². The zero-order valence-electron chi connectivity index (χ0n) is 17.1. The fourth-order valence-corrected chi connectivity index (χ4v) is 4.13. The third-order valence-corrected chi connectivity index (χ3v) is 5.72. The molecule has 0 amide bonds. The minimum absolute atomic E-state index is 0. The number of guanidine groups is 1. The van der Waals surface area contributed by atoms with Gasteiger partial charge in [0.1, 0.15) is 5.75 Å². The van der Waals surface area contributed by atoms with Crippen LogP contribution in [0.1, 0.15) is 23.5 Å². The predicted molar refractivity (Wildman–Crippen MR) is 129 cm³/mol. The smallest absolute Gasteiger partial charge is 0.193 e. The highest BCUT2D eigenvalue weighted by Gasteiger charge is 2.23. The Morgan fingerprint density at radius 3 is 2.52 bits per heavy atom. The van der Waals surface area contributed by atoms with E-state index < -0.39 is 0 Å². The molecular formula is C23H31IN4O. The lowest BCUT2D eigenvalue weighted by Crippen LogP contribution is -2.52. The molecule has 0 bridgehead atoms. The Kier molecular flexibility index (Phi) is 8.18. The molecule has 6 heteroatoms. The van der Waals surface area contributed by atoms with Gasteiger partial charge < -0.3 is 15.0 Å². The Bertz CT molecular complexity index is 790. The number of halogens is 1. The molecule has 0 spiro atoms. The van der Waals surface area contributed by atoms with Crippen molar-refractivity contribution in [2.24, 2.45) is 4.99 Å². The van der Waals surface area contributed by atoms with Crippen LogP contribution in [0.4, 0.5) is 0 Å². The van der Waals surface area contributed by atoms with E-state index in [0.717, 1.165) is 64.0 Å². The Labute approximate surface area is 191 Å². The van der Waals surface area contributed by atoms with Crippen molar-refractivity contribution in [2.75, 3.05) is 46.4 Å². The molecule has 1 fully saturated rings. The molecule has 4 rings (SSSR count). The average molecular weight is 506 g/mol. The summed E-state index contributed by atoms with van der Waals surface area (Å²) in [6, 6.07) is 19.1. The van der Waals surface area contributed by atoms with Gasteiger partial charge in [0.25, 0.3) is 0 Å². The van der Waals surface area contributed by atoms with Crippen LogP contribution in [0, 0.1) is 0 Å². The Hall–Kier alpha value is -1.80. The molecule has 156 valence electrons. The van der Waals surface area contributed by atoms with E-state index in [-0.39, 0.29) is 24.0 Å². The summed E-state index contributed by atoms with van der Waals surface area (Å²) in [4.78, 5) is 9.45. The first-order chi connectivity index (χ1) is 13.8. The molecule has 2 aliphatic rings. The number of benzene rings is 2. The molecule has 2 aliphatic heterocycles. The molecule has 2 heterocycles. The molecule has 0 aromatic heterocycles. The second-order valence-electron chi connectivity index (χ2n) is 7.55. The zero-order valence-corrected chi connectivity index (χ0v) is 19.4. The summed E-state index contributed by atoms with van der Waals surface area (Å²) in [5.74, 6) is 2.52. The molecule has 0 saturated carbocycles. The molecule has 0 radical (unpaired) electrons. The Balaban J connectivity index is 0.00000240. The van der Waals surface area contributed by atoms with Gasteiger partial charge in [-0.15, -0.1) is 24.0 Å². The summed E-state index contributed by atoms with van der Waals surface area (Å²) in [5.41, 5.74) is 2.70. The lowest BCUT2D eigenvalue weighted by Gasteiger charge is -2.37. The van der Waals surface area contributed by atoms with E-state index in [1.54, 1.807) is 0 Å². The largest absolute Gasteiger partial charge is 0.493 e. The van der Waals surface area contributed by atoms with Gasteiger partial charge in [-0.3, -0.25) is 9.89 Å². The molecule has 1 N–H and O–H groups in total. The molecule has 1 unspecified atom stereocenters. The second kappa shape index (κ2) is 10.8. The summed E-state index contributed by atoms with van der Waals surface area (Å²) in [7, 11) is 1.89. The first-order valence-corrected chi connectivity index (χ1v) is 10.3. The third kappa shape index (κ3) is 5.63. The van der Waals surface area contributed by atoms with Crippen LogP contribution >= 0.6 is 24.0 Å². The van der Waals surface area contributed by atoms with Crippen LogP contribution in [0.5, 0.6) is 5.75 Å². The van der Waals surface area contributed by atoms with Gasteiger partial charge >= 0.3 is 0 Å². The zero-order chi connectivity index (χ0) is 19.2. The standard InChI is InChI=1S/C23H30N4O.HI/c1-24-23(25-17-20-11-16-28-22-10-6-5-9-21(20)22)27-14-12-26(13-15-27)18-19-7-3-2-4-8-19;/h2-10,20H,11-18H2,1H3,(H,24,25);1H. The maximum absolute atomic E-state index is 5.79. The Morgan fingerprint density at radius 2 is 1.76 bits per heavy atom. The highest BCUT2D eigenvalue weighted by atomic mass is 127. The van der Waals surface area contributed by atoms with Gasteiger partial charge in [0.05, 0.1) is 6.61 Å². The maximum atomic E-state index is 5.79. The van der Waals surface area contributed by atoms with E-state index in [1.807, 2.05) is 13.1 Å². The topological polar surface area (TPSA) is 40.1 Å². The monoisotopic (exact) mass is 506 g/mol. The number of nitrogens with zero attached hydrogens (tertiary/aromatic N) is 3. The number of piperazine rings is 1. The van der Waals surface area contributed by atoms with Crippen molar-refractivity contribution in [3.8, 4) is 5.75 Å². The number of para-hydroxylation sites is 1. The van der Waals surface area contributed by atoms with Crippen molar-refractivity contribution in [1.29, 1.82) is 0 Å². The van der Waals surface area contributed by atoms with E-state index in [1.165, 1.54) is 11.1 Å². The van der Waals surface area contributed by atoms with Gasteiger partial charge in [-0.25, -0.2) is 0 Å². The minimum Gasteiger partial charge on any atom is -0.493 e. The Morgan fingerprint density at radius 1 is 1.03 bits per heavy atom. The van der Waals surface area contributed by atoms with Crippen LogP contribution in [-0.4, -0.2) is 62.1 Å². The number of hydrogen-bond acceptors (Lipinski definition) is 3. The normalized spacial score (nSPS) is 19.7. The van der Waals surface area contributed by atoms with E-state index in [4.69, 9.17) is 4.74 Å². The number of aliphatic imine (C=N–C) groups is 1. The van der Waals surface area contributed by atoms with E-state index >= 15 is 0 Å². The predicted octanol–water partition coefficient (Wildman–Crippen LogP) is 3.56. The van der Waals surface area contributed by atoms with Crippen LogP contribution in [0.2, 0.25) is 0 Å². The van der Waals surface area contributed by atoms with E-state index in [9.17, 15) is 0 Å². The van der Waals surface area contributed by atoms with Crippen molar-refractivity contribution < 1.29 is 4.74 Å². The maximum Gasteiger partial charge on any atom is 0.193 e. The number of fused-ring (bicyclic) bond motifs is 1. The van der Waals surface area contributed by atoms with Crippen LogP contribution in [0.25, 0.3) is 0 Å². The van der Waals surface area contributed by atoms with Crippen LogP contribution < -0.4 is 10.1 Å². The summed E-state index contributed by atoms with van der Waals surface area (Å²) >= 11 is 0. The highest BCUT2D eigenvalue weighted by Crippen LogP contribution is 2.32. The summed E-state index contributed by atoms with van der Waals surface area (Å²) in [6.07, 6.45) is 1.05. The first kappa shape index (κ1) is 21.9. The molecular weight excluding hydrogens is 475 g/mol. The van der Waals surface area contributed by atoms with Gasteiger partial charge in [0, 0.05) is 52.2 Å². The van der Waals surface area contributed by atoms with Crippen LogP contribution in [-0.2, 0) is 6.54 Å². The van der Waals surface area contributed by atoms with Gasteiger partial charge in [0.15, 0.2) is 5.96 Å². The summed E-state index contributed by atoms with van der Waals surface area (Å²) in [5, 5.41) is 3.62. The molecule has 0 aliphatic carbocycles. The van der Waals surface area contributed by atoms with Gasteiger partial charge in [0.2, 0.25) is 0 Å². The quantitative estimate of drug-likeness (QED) is 0.391. The number of ether oxygens (including phenoxy) is 1. The third-order valence-electron chi connectivity index (χ3n) is 5.72. The van der Waals surface area contributed by atoms with Crippen molar-refractivity contribution in [3.63, 3.8) is 0 Å². The molecule has 1 saturated heterocycles. The number of hydrogen-bond donors (Lipinski definition) is 1. The van der Waals surface area contributed by atoms with E-state index in [0.29, 0.717) is 5.92 Å². The highest BCUT2D eigenvalue weighted by molar-refractivity contribution is 14.0. The van der Waals surface area contributed by atoms with Crippen molar-refractivity contribution in [2.45, 2.75) is 18.9 Å². The lowest BCUT2D eigenvalue weighted by molar-refractivity contribution is 0.172. The molecule has 2 aromatic carbocycles. The fraction of sp³-hybridized carbons (Fsp3) is 0.435. The van der Waals surface area contributed by atoms with Gasteiger partial charge in [-0.05, 0) is 23.6 Å². The second-order valence-corrected chi connectivity index (χ2v) is 7.55. The number of rotatable bonds is 4.